The van der Waals surface area contributed by atoms with Gasteiger partial charge in [-0.05, 0) is 42.3 Å². The lowest BCUT2D eigenvalue weighted by molar-refractivity contribution is -0.115. The number of nitrogens with one attached hydrogen (secondary N) is 2. The molecule has 2 aromatic carbocycles. The highest BCUT2D eigenvalue weighted by Crippen LogP contribution is 2.33. The quantitative estimate of drug-likeness (QED) is 0.604. The molecule has 0 unspecified atom stereocenters. The lowest BCUT2D eigenvalue weighted by Gasteiger charge is -2.13. The number of carbonyl (C=O) groups excluding carboxylic acids is 1. The van der Waals surface area contributed by atoms with Gasteiger partial charge in [-0.1, -0.05) is 29.8 Å². The van der Waals surface area contributed by atoms with Crippen LogP contribution in [0.4, 0.5) is 21.6 Å². The molecule has 1 heterocycles. The maximum Gasteiger partial charge on any atom is 0.230 e. The van der Waals surface area contributed by atoms with Crippen LogP contribution in [0.2, 0.25) is 5.02 Å². The molecule has 1 amide bonds. The summed E-state index contributed by atoms with van der Waals surface area (Å²) in [5, 5.41) is 6.49. The number of methoxy groups -OCH3 is 1. The average molecular weight is 400 g/mol. The largest absolute Gasteiger partial charge is 0.495 e. The number of hydrogen-bond acceptors (Lipinski definition) is 4. The molecule has 0 aliphatic heterocycles. The van der Waals surface area contributed by atoms with Crippen molar-refractivity contribution in [3.05, 3.63) is 76.7 Å². The van der Waals surface area contributed by atoms with Gasteiger partial charge in [-0.2, -0.15) is 0 Å². The minimum atomic E-state index is -0.405. The maximum atomic E-state index is 13.6. The van der Waals surface area contributed by atoms with Gasteiger partial charge in [-0.3, -0.25) is 4.79 Å². The van der Waals surface area contributed by atoms with Gasteiger partial charge in [0.15, 0.2) is 0 Å². The smallest absolute Gasteiger partial charge is 0.230 e. The first-order valence-corrected chi connectivity index (χ1v) is 8.94. The minimum Gasteiger partial charge on any atom is -0.495 e. The van der Waals surface area contributed by atoms with Crippen molar-refractivity contribution >= 4 is 34.7 Å². The van der Waals surface area contributed by atoms with Crippen LogP contribution in [0.1, 0.15) is 11.1 Å². The van der Waals surface area contributed by atoms with Crippen molar-refractivity contribution in [2.45, 2.75) is 13.3 Å². The van der Waals surface area contributed by atoms with Gasteiger partial charge < -0.3 is 15.4 Å². The van der Waals surface area contributed by atoms with E-state index in [0.29, 0.717) is 27.8 Å². The van der Waals surface area contributed by atoms with Gasteiger partial charge >= 0.3 is 0 Å². The molecule has 7 heteroatoms. The molecule has 0 radical (unpaired) electrons. The third-order valence-electron chi connectivity index (χ3n) is 4.10. The van der Waals surface area contributed by atoms with Crippen LogP contribution in [0, 0.1) is 12.7 Å². The molecule has 0 saturated heterocycles. The number of halogens is 2. The summed E-state index contributed by atoms with van der Waals surface area (Å²) < 4.78 is 19.0. The highest BCUT2D eigenvalue weighted by Gasteiger charge is 2.10. The Kier molecular flexibility index (Phi) is 6.11. The van der Waals surface area contributed by atoms with Gasteiger partial charge in [-0.15, -0.1) is 0 Å². The zero-order chi connectivity index (χ0) is 20.1. The van der Waals surface area contributed by atoms with Gasteiger partial charge in [0, 0.05) is 11.1 Å². The van der Waals surface area contributed by atoms with E-state index < -0.39 is 5.82 Å². The van der Waals surface area contributed by atoms with Crippen LogP contribution in [0.3, 0.4) is 0 Å². The summed E-state index contributed by atoms with van der Waals surface area (Å²) in [7, 11) is 1.57. The average Bonchev–Trinajstić information content (AvgIpc) is 2.68. The second kappa shape index (κ2) is 8.71. The minimum absolute atomic E-state index is 0.0599. The Labute approximate surface area is 167 Å². The predicted molar refractivity (Wildman–Crippen MR) is 109 cm³/mol. The molecule has 3 rings (SSSR count). The maximum absolute atomic E-state index is 13.6. The molecule has 144 valence electrons. The standard InChI is InChI=1S/C21H19ClFN3O2/c1-13-9-18(19(28-2)11-16(13)22)25-15-7-8-20(24-12-15)26-21(27)10-14-5-3-4-6-17(14)23/h3-9,11-12,25H,10H2,1-2H3,(H,24,26,27). The SMILES string of the molecule is COc1cc(Cl)c(C)cc1Nc1ccc(NC(=O)Cc2ccccc2F)nc1. The summed E-state index contributed by atoms with van der Waals surface area (Å²) in [6.45, 7) is 1.90. The van der Waals surface area contributed by atoms with Crippen molar-refractivity contribution in [1.29, 1.82) is 0 Å². The van der Waals surface area contributed by atoms with E-state index in [4.69, 9.17) is 16.3 Å². The van der Waals surface area contributed by atoms with Crippen LogP contribution in [-0.2, 0) is 11.2 Å². The molecule has 0 bridgehead atoms. The van der Waals surface area contributed by atoms with E-state index in [1.165, 1.54) is 6.07 Å². The molecule has 28 heavy (non-hydrogen) atoms. The number of aryl methyl sites for hydroxylation is 1. The Morgan fingerprint density at radius 1 is 1.21 bits per heavy atom. The van der Waals surface area contributed by atoms with E-state index in [-0.39, 0.29) is 12.3 Å². The fourth-order valence-corrected chi connectivity index (χ4v) is 2.78. The Balaban J connectivity index is 1.66. The number of pyridine rings is 1. The Hall–Kier alpha value is -3.12. The number of amides is 1. The summed E-state index contributed by atoms with van der Waals surface area (Å²) in [6.07, 6.45) is 1.53. The first-order valence-electron chi connectivity index (χ1n) is 8.56. The zero-order valence-corrected chi connectivity index (χ0v) is 16.2. The number of carbonyl (C=O) groups is 1. The second-order valence-electron chi connectivity index (χ2n) is 6.18. The summed E-state index contributed by atoms with van der Waals surface area (Å²) in [5.74, 6) is 0.245. The predicted octanol–water partition coefficient (Wildman–Crippen LogP) is 5.12. The van der Waals surface area contributed by atoms with Gasteiger partial charge in [0.1, 0.15) is 17.4 Å². The first kappa shape index (κ1) is 19.6. The van der Waals surface area contributed by atoms with Gasteiger partial charge in [-0.25, -0.2) is 9.37 Å². The first-order chi connectivity index (χ1) is 13.5. The Morgan fingerprint density at radius 2 is 2.00 bits per heavy atom. The van der Waals surface area contributed by atoms with Crippen LogP contribution >= 0.6 is 11.6 Å². The monoisotopic (exact) mass is 399 g/mol. The molecular weight excluding hydrogens is 381 g/mol. The van der Waals surface area contributed by atoms with E-state index in [2.05, 4.69) is 15.6 Å². The number of aromatic nitrogens is 1. The van der Waals surface area contributed by atoms with Gasteiger partial charge in [0.05, 0.1) is 31.1 Å². The van der Waals surface area contributed by atoms with Crippen molar-refractivity contribution in [2.24, 2.45) is 0 Å². The van der Waals surface area contributed by atoms with Crippen molar-refractivity contribution in [3.8, 4) is 5.75 Å². The molecule has 1 aromatic heterocycles. The van der Waals surface area contributed by atoms with Gasteiger partial charge in [0.25, 0.3) is 0 Å². The van der Waals surface area contributed by atoms with E-state index in [9.17, 15) is 9.18 Å². The second-order valence-corrected chi connectivity index (χ2v) is 6.58. The van der Waals surface area contributed by atoms with E-state index in [0.717, 1.165) is 11.3 Å². The van der Waals surface area contributed by atoms with Crippen LogP contribution in [0.15, 0.2) is 54.7 Å². The Morgan fingerprint density at radius 3 is 2.68 bits per heavy atom. The fraction of sp³-hybridized carbons (Fsp3) is 0.143. The highest BCUT2D eigenvalue weighted by atomic mass is 35.5. The highest BCUT2D eigenvalue weighted by molar-refractivity contribution is 6.31. The summed E-state index contributed by atoms with van der Waals surface area (Å²) in [4.78, 5) is 16.3. The van der Waals surface area contributed by atoms with Crippen molar-refractivity contribution in [2.75, 3.05) is 17.7 Å². The molecule has 0 fully saturated rings. The number of ether oxygens (including phenoxy) is 1. The number of anilines is 3. The summed E-state index contributed by atoms with van der Waals surface area (Å²) >= 11 is 6.12. The topological polar surface area (TPSA) is 63.2 Å². The molecule has 0 saturated carbocycles. The molecule has 0 aliphatic carbocycles. The van der Waals surface area contributed by atoms with Crippen molar-refractivity contribution in [3.63, 3.8) is 0 Å². The molecular formula is C21H19ClFN3O2. The van der Waals surface area contributed by atoms with Crippen LogP contribution in [0.25, 0.3) is 0 Å². The molecule has 0 aliphatic rings. The number of hydrogen-bond donors (Lipinski definition) is 2. The van der Waals surface area contributed by atoms with E-state index in [1.54, 1.807) is 49.7 Å². The number of nitrogens with zero attached hydrogens (tertiary/aromatic N) is 1. The molecule has 0 spiro atoms. The molecule has 5 nitrogen and oxygen atoms in total. The third-order valence-corrected chi connectivity index (χ3v) is 4.51. The van der Waals surface area contributed by atoms with Crippen LogP contribution in [-0.4, -0.2) is 18.0 Å². The van der Waals surface area contributed by atoms with Crippen molar-refractivity contribution in [1.82, 2.24) is 4.98 Å². The normalized spacial score (nSPS) is 10.4. The lowest BCUT2D eigenvalue weighted by Crippen LogP contribution is -2.16. The van der Waals surface area contributed by atoms with E-state index in [1.807, 2.05) is 13.0 Å². The molecule has 0 atom stereocenters. The number of benzene rings is 2. The number of rotatable bonds is 6. The summed E-state index contributed by atoms with van der Waals surface area (Å²) in [5.41, 5.74) is 2.72. The van der Waals surface area contributed by atoms with Crippen LogP contribution < -0.4 is 15.4 Å². The third kappa shape index (κ3) is 4.78. The van der Waals surface area contributed by atoms with E-state index >= 15 is 0 Å². The van der Waals surface area contributed by atoms with Crippen molar-refractivity contribution < 1.29 is 13.9 Å². The van der Waals surface area contributed by atoms with Crippen LogP contribution in [0.5, 0.6) is 5.75 Å². The lowest BCUT2D eigenvalue weighted by atomic mass is 10.1. The summed E-state index contributed by atoms with van der Waals surface area (Å²) in [6, 6.07) is 13.2. The molecule has 2 N–H and O–H groups in total. The fourth-order valence-electron chi connectivity index (χ4n) is 2.63. The van der Waals surface area contributed by atoms with Gasteiger partial charge in [0.2, 0.25) is 5.91 Å². The molecule has 3 aromatic rings. The Bertz CT molecular complexity index is 993. The zero-order valence-electron chi connectivity index (χ0n) is 15.4.